The van der Waals surface area contributed by atoms with Crippen molar-refractivity contribution >= 4 is 50.2 Å². The summed E-state index contributed by atoms with van der Waals surface area (Å²) in [5, 5.41) is 1.06. The number of nitrogens with two attached hydrogens (primary N) is 1. The topological polar surface area (TPSA) is 56.0 Å². The third-order valence-corrected chi connectivity index (χ3v) is 5.89. The quantitative estimate of drug-likeness (QED) is 0.377. The van der Waals surface area contributed by atoms with Gasteiger partial charge in [0.25, 0.3) is 0 Å². The van der Waals surface area contributed by atoms with Crippen molar-refractivity contribution in [3.8, 4) is 11.1 Å². The lowest BCUT2D eigenvalue weighted by atomic mass is 10.0. The fraction of sp³-hybridized carbons (Fsp3) is 0.273. The Labute approximate surface area is 169 Å². The molecule has 0 saturated heterocycles. The lowest BCUT2D eigenvalue weighted by Crippen LogP contribution is -1.91. The molecule has 2 heterocycles. The van der Waals surface area contributed by atoms with Gasteiger partial charge < -0.3 is 10.5 Å². The van der Waals surface area contributed by atoms with Crippen LogP contribution in [-0.4, -0.2) is 17.5 Å². The maximum absolute atomic E-state index is 9.56. The van der Waals surface area contributed by atoms with Gasteiger partial charge in [0.1, 0.15) is 11.1 Å². The number of anilines is 1. The molecule has 0 fully saturated rings. The van der Waals surface area contributed by atoms with Crippen LogP contribution in [0.15, 0.2) is 43.0 Å². The first kappa shape index (κ1) is 21.2. The van der Waals surface area contributed by atoms with E-state index in [-0.39, 0.29) is 0 Å². The van der Waals surface area contributed by atoms with E-state index in [2.05, 4.69) is 31.7 Å². The van der Waals surface area contributed by atoms with E-state index in [1.807, 2.05) is 31.4 Å². The Bertz CT molecular complexity index is 917. The molecule has 3 aromatic rings. The highest BCUT2D eigenvalue weighted by molar-refractivity contribution is 8.07. The van der Waals surface area contributed by atoms with Crippen molar-refractivity contribution in [2.24, 2.45) is 0 Å². The number of thiophene rings is 1. The lowest BCUT2D eigenvalue weighted by molar-refractivity contribution is -0.107. The fourth-order valence-corrected chi connectivity index (χ4v) is 3.89. The Balaban J connectivity index is 0.000000380. The van der Waals surface area contributed by atoms with Crippen molar-refractivity contribution in [1.82, 2.24) is 4.98 Å². The van der Waals surface area contributed by atoms with Crippen molar-refractivity contribution in [1.29, 1.82) is 0 Å². The lowest BCUT2D eigenvalue weighted by Gasteiger charge is -2.09. The SMILES string of the molecule is C=C(SC)c1cc(-c2ccccc2)c2c(N)c(C)sc2n1.CCCCC=O. The molecule has 0 amide bonds. The number of carbonyl (C=O) groups excluding carboxylic acids is 1. The molecule has 3 nitrogen and oxygen atoms in total. The Morgan fingerprint density at radius 1 is 1.33 bits per heavy atom. The van der Waals surface area contributed by atoms with Crippen LogP contribution in [-0.2, 0) is 4.79 Å². The van der Waals surface area contributed by atoms with Gasteiger partial charge in [0, 0.05) is 21.6 Å². The van der Waals surface area contributed by atoms with Crippen LogP contribution in [0.2, 0.25) is 0 Å². The van der Waals surface area contributed by atoms with Crippen molar-refractivity contribution in [3.63, 3.8) is 0 Å². The molecule has 0 atom stereocenters. The minimum Gasteiger partial charge on any atom is -0.397 e. The van der Waals surface area contributed by atoms with E-state index in [1.165, 1.54) is 0 Å². The minimum absolute atomic E-state index is 0.733. The number of hydrogen-bond donors (Lipinski definition) is 1. The van der Waals surface area contributed by atoms with Gasteiger partial charge in [0.15, 0.2) is 0 Å². The van der Waals surface area contributed by atoms with E-state index in [4.69, 9.17) is 10.7 Å². The zero-order valence-electron chi connectivity index (χ0n) is 16.1. The standard InChI is InChI=1S/C17H16N2S2.C5H10O/c1-10(20-3)14-9-13(12-7-5-4-6-8-12)15-16(18)11(2)21-17(15)19-14;1-2-3-4-5-6/h4-9H,1,18H2,2-3H3;5H,2-4H2,1H3. The molecule has 0 bridgehead atoms. The van der Waals surface area contributed by atoms with E-state index in [1.54, 1.807) is 23.1 Å². The first-order chi connectivity index (χ1) is 13.0. The predicted octanol–water partition coefficient (Wildman–Crippen LogP) is 6.56. The Hall–Kier alpha value is -2.11. The number of aldehydes is 1. The second-order valence-electron chi connectivity index (χ2n) is 6.11. The van der Waals surface area contributed by atoms with E-state index < -0.39 is 0 Å². The highest BCUT2D eigenvalue weighted by Gasteiger charge is 2.15. The highest BCUT2D eigenvalue weighted by Crippen LogP contribution is 2.40. The number of fused-ring (bicyclic) bond motifs is 1. The number of carbonyl (C=O) groups is 1. The first-order valence-corrected chi connectivity index (χ1v) is 11.0. The normalized spacial score (nSPS) is 10.3. The third-order valence-electron chi connectivity index (χ3n) is 4.18. The zero-order chi connectivity index (χ0) is 19.8. The molecule has 0 radical (unpaired) electrons. The molecule has 2 aromatic heterocycles. The summed E-state index contributed by atoms with van der Waals surface area (Å²) in [5.41, 5.74) is 10.3. The van der Waals surface area contributed by atoms with Crippen LogP contribution in [0.1, 0.15) is 36.8 Å². The number of nitrogens with zero attached hydrogens (tertiary/aromatic N) is 1. The monoisotopic (exact) mass is 398 g/mol. The summed E-state index contributed by atoms with van der Waals surface area (Å²) < 4.78 is 0. The van der Waals surface area contributed by atoms with Gasteiger partial charge >= 0.3 is 0 Å². The molecule has 142 valence electrons. The second-order valence-corrected chi connectivity index (χ2v) is 8.21. The summed E-state index contributed by atoms with van der Waals surface area (Å²) >= 11 is 3.26. The molecular weight excluding hydrogens is 372 g/mol. The van der Waals surface area contributed by atoms with Gasteiger partial charge in [-0.15, -0.1) is 23.1 Å². The van der Waals surface area contributed by atoms with E-state index in [0.717, 1.165) is 68.1 Å². The summed E-state index contributed by atoms with van der Waals surface area (Å²) in [4.78, 5) is 17.4. The number of pyridine rings is 1. The number of benzene rings is 1. The molecule has 1 aromatic carbocycles. The number of aromatic nitrogens is 1. The van der Waals surface area contributed by atoms with E-state index in [0.29, 0.717) is 0 Å². The number of hydrogen-bond acceptors (Lipinski definition) is 5. The summed E-state index contributed by atoms with van der Waals surface area (Å²) in [5.74, 6) is 0. The number of unbranched alkanes of at least 4 members (excludes halogenated alkanes) is 2. The van der Waals surface area contributed by atoms with Crippen molar-refractivity contribution < 1.29 is 4.79 Å². The number of nitrogen functional groups attached to an aromatic ring is 1. The maximum Gasteiger partial charge on any atom is 0.127 e. The van der Waals surface area contributed by atoms with Crippen LogP contribution in [0.25, 0.3) is 26.2 Å². The van der Waals surface area contributed by atoms with E-state index in [9.17, 15) is 4.79 Å². The Morgan fingerprint density at radius 3 is 2.59 bits per heavy atom. The van der Waals surface area contributed by atoms with Gasteiger partial charge in [0.05, 0.1) is 11.4 Å². The molecule has 27 heavy (non-hydrogen) atoms. The average molecular weight is 399 g/mol. The number of thioether (sulfide) groups is 1. The molecule has 0 aliphatic rings. The molecular formula is C22H26N2OS2. The number of rotatable bonds is 6. The van der Waals surface area contributed by atoms with Gasteiger partial charge in [-0.05, 0) is 36.8 Å². The van der Waals surface area contributed by atoms with Crippen molar-refractivity contribution in [3.05, 3.63) is 53.5 Å². The predicted molar refractivity (Wildman–Crippen MR) is 122 cm³/mol. The van der Waals surface area contributed by atoms with E-state index >= 15 is 0 Å². The molecule has 0 unspecified atom stereocenters. The van der Waals surface area contributed by atoms with Crippen LogP contribution >= 0.6 is 23.1 Å². The smallest absolute Gasteiger partial charge is 0.127 e. The molecule has 3 rings (SSSR count). The van der Waals surface area contributed by atoms with Gasteiger partial charge in [-0.1, -0.05) is 50.3 Å². The van der Waals surface area contributed by atoms with Crippen LogP contribution < -0.4 is 5.73 Å². The second kappa shape index (κ2) is 10.3. The number of aryl methyl sites for hydroxylation is 1. The highest BCUT2D eigenvalue weighted by atomic mass is 32.2. The van der Waals surface area contributed by atoms with Crippen LogP contribution in [0.5, 0.6) is 0 Å². The summed E-state index contributed by atoms with van der Waals surface area (Å²) in [7, 11) is 0. The van der Waals surface area contributed by atoms with Gasteiger partial charge in [-0.3, -0.25) is 0 Å². The van der Waals surface area contributed by atoms with Crippen molar-refractivity contribution in [2.45, 2.75) is 33.1 Å². The van der Waals surface area contributed by atoms with Gasteiger partial charge in [-0.2, -0.15) is 0 Å². The molecule has 5 heteroatoms. The molecule has 0 spiro atoms. The molecule has 0 aliphatic carbocycles. The molecule has 0 aliphatic heterocycles. The molecule has 0 saturated carbocycles. The minimum atomic E-state index is 0.733. The zero-order valence-corrected chi connectivity index (χ0v) is 17.8. The van der Waals surface area contributed by atoms with Crippen LogP contribution in [0.3, 0.4) is 0 Å². The average Bonchev–Trinajstić information content (AvgIpc) is 3.00. The third kappa shape index (κ3) is 5.21. The Kier molecular flexibility index (Phi) is 8.07. The summed E-state index contributed by atoms with van der Waals surface area (Å²) in [6.45, 7) is 8.20. The summed E-state index contributed by atoms with van der Waals surface area (Å²) in [6, 6.07) is 12.4. The maximum atomic E-state index is 9.56. The fourth-order valence-electron chi connectivity index (χ4n) is 2.61. The Morgan fingerprint density at radius 2 is 2.04 bits per heavy atom. The summed E-state index contributed by atoms with van der Waals surface area (Å²) in [6.07, 6.45) is 5.88. The van der Waals surface area contributed by atoms with Gasteiger partial charge in [-0.25, -0.2) is 4.98 Å². The van der Waals surface area contributed by atoms with Gasteiger partial charge in [0.2, 0.25) is 0 Å². The largest absolute Gasteiger partial charge is 0.397 e. The first-order valence-electron chi connectivity index (χ1n) is 8.95. The van der Waals surface area contributed by atoms with Crippen molar-refractivity contribution in [2.75, 3.05) is 12.0 Å². The van der Waals surface area contributed by atoms with Crippen LogP contribution in [0, 0.1) is 6.92 Å². The van der Waals surface area contributed by atoms with Crippen LogP contribution in [0.4, 0.5) is 5.69 Å². The molecule has 2 N–H and O–H groups in total.